The number of pyridine rings is 1. The number of hydrogen-bond acceptors (Lipinski definition) is 7. The van der Waals surface area contributed by atoms with Crippen molar-refractivity contribution >= 4 is 28.9 Å². The highest BCUT2D eigenvalue weighted by molar-refractivity contribution is 6.01. The summed E-state index contributed by atoms with van der Waals surface area (Å²) in [5.41, 5.74) is 0.723. The monoisotopic (exact) mass is 436 g/mol. The lowest BCUT2D eigenvalue weighted by Crippen LogP contribution is -2.20. The van der Waals surface area contributed by atoms with Crippen LogP contribution in [0.3, 0.4) is 0 Å². The smallest absolute Gasteiger partial charge is 0.338 e. The Bertz CT molecular complexity index is 1210. The third-order valence-electron chi connectivity index (χ3n) is 4.86. The van der Waals surface area contributed by atoms with E-state index in [1.807, 2.05) is 0 Å². The Morgan fingerprint density at radius 3 is 2.44 bits per heavy atom. The van der Waals surface area contributed by atoms with Crippen LogP contribution in [0, 0.1) is 0 Å². The molecule has 1 aromatic heterocycles. The number of hydrogen-bond donors (Lipinski definition) is 1. The molecule has 0 saturated heterocycles. The molecule has 8 nitrogen and oxygen atoms in total. The summed E-state index contributed by atoms with van der Waals surface area (Å²) in [4.78, 5) is 40.6. The lowest BCUT2D eigenvalue weighted by atomic mass is 10.1. The van der Waals surface area contributed by atoms with E-state index in [0.717, 1.165) is 0 Å². The number of benzene rings is 2. The van der Waals surface area contributed by atoms with Crippen LogP contribution in [0.5, 0.6) is 5.88 Å². The lowest BCUT2D eigenvalue weighted by Gasteiger charge is -2.14. The van der Waals surface area contributed by atoms with Gasteiger partial charge in [-0.15, -0.1) is 0 Å². The van der Waals surface area contributed by atoms with Crippen molar-refractivity contribution in [2.45, 2.75) is 19.8 Å². The second-order valence-electron chi connectivity index (χ2n) is 6.91. The maximum Gasteiger partial charge on any atom is 0.338 e. The Labute approximate surface area is 184 Å². The zero-order valence-electron chi connectivity index (χ0n) is 17.9. The van der Waals surface area contributed by atoms with Crippen LogP contribution in [-0.4, -0.2) is 48.1 Å². The Morgan fingerprint density at radius 2 is 1.78 bits per heavy atom. The molecule has 3 aromatic rings. The van der Waals surface area contributed by atoms with Crippen LogP contribution in [-0.2, 0) is 14.3 Å². The summed E-state index contributed by atoms with van der Waals surface area (Å²) in [7, 11) is 1.33. The molecule has 8 heteroatoms. The molecule has 3 rings (SSSR count). The Hall–Kier alpha value is -3.94. The van der Waals surface area contributed by atoms with Crippen molar-refractivity contribution in [1.29, 1.82) is 0 Å². The zero-order chi connectivity index (χ0) is 23.1. The van der Waals surface area contributed by atoms with E-state index in [0.29, 0.717) is 40.6 Å². The molecule has 0 fully saturated rings. The first-order valence-electron chi connectivity index (χ1n) is 10.2. The van der Waals surface area contributed by atoms with Gasteiger partial charge in [-0.05, 0) is 43.7 Å². The second kappa shape index (κ2) is 10.4. The van der Waals surface area contributed by atoms with E-state index in [2.05, 4.69) is 9.73 Å². The number of aromatic hydroxyl groups is 1. The van der Waals surface area contributed by atoms with Gasteiger partial charge >= 0.3 is 11.9 Å². The molecule has 0 bridgehead atoms. The number of nitrogens with zero attached hydrogens (tertiary/aromatic N) is 2. The molecule has 1 heterocycles. The van der Waals surface area contributed by atoms with Gasteiger partial charge < -0.3 is 14.6 Å². The van der Waals surface area contributed by atoms with Crippen LogP contribution in [0.25, 0.3) is 16.5 Å². The van der Waals surface area contributed by atoms with Crippen LogP contribution in [0.15, 0.2) is 58.3 Å². The largest absolute Gasteiger partial charge is 0.494 e. The van der Waals surface area contributed by atoms with Crippen LogP contribution < -0.4 is 5.56 Å². The van der Waals surface area contributed by atoms with Crippen LogP contribution >= 0.6 is 0 Å². The van der Waals surface area contributed by atoms with E-state index in [1.54, 1.807) is 43.3 Å². The number of ether oxygens (including phenoxy) is 2. The SMILES string of the molecule is CCOC(=O)c1ccc(-n2c(O)c(C=NCCCC(=O)OC)c3ccccc3c2=O)cc1. The van der Waals surface area contributed by atoms with Crippen molar-refractivity contribution in [3.63, 3.8) is 0 Å². The fraction of sp³-hybridized carbons (Fsp3) is 0.250. The van der Waals surface area contributed by atoms with Crippen LogP contribution in [0.1, 0.15) is 35.7 Å². The predicted octanol–water partition coefficient (Wildman–Crippen LogP) is 3.25. The van der Waals surface area contributed by atoms with Gasteiger partial charge in [0.05, 0.1) is 30.5 Å². The van der Waals surface area contributed by atoms with Crippen molar-refractivity contribution in [1.82, 2.24) is 4.57 Å². The van der Waals surface area contributed by atoms with Crippen molar-refractivity contribution in [3.05, 3.63) is 70.0 Å². The predicted molar refractivity (Wildman–Crippen MR) is 121 cm³/mol. The first kappa shape index (κ1) is 22.7. The molecule has 166 valence electrons. The van der Waals surface area contributed by atoms with E-state index in [4.69, 9.17) is 4.74 Å². The number of rotatable bonds is 8. The highest BCUT2D eigenvalue weighted by Gasteiger charge is 2.17. The summed E-state index contributed by atoms with van der Waals surface area (Å²) >= 11 is 0. The summed E-state index contributed by atoms with van der Waals surface area (Å²) in [5.74, 6) is -1.04. The van der Waals surface area contributed by atoms with Gasteiger partial charge in [0.25, 0.3) is 5.56 Å². The maximum atomic E-state index is 13.1. The van der Waals surface area contributed by atoms with Gasteiger partial charge in [0, 0.05) is 30.0 Å². The van der Waals surface area contributed by atoms with E-state index >= 15 is 0 Å². The molecule has 0 radical (unpaired) electrons. The van der Waals surface area contributed by atoms with Gasteiger partial charge in [-0.2, -0.15) is 0 Å². The number of esters is 2. The average molecular weight is 436 g/mol. The van der Waals surface area contributed by atoms with Gasteiger partial charge in [-0.1, -0.05) is 18.2 Å². The van der Waals surface area contributed by atoms with Crippen molar-refractivity contribution in [2.24, 2.45) is 4.99 Å². The maximum absolute atomic E-state index is 13.1. The Morgan fingerprint density at radius 1 is 1.09 bits per heavy atom. The number of methoxy groups -OCH3 is 1. The quantitative estimate of drug-likeness (QED) is 0.330. The van der Waals surface area contributed by atoms with E-state index in [-0.39, 0.29) is 24.9 Å². The molecule has 0 aliphatic carbocycles. The third-order valence-corrected chi connectivity index (χ3v) is 4.86. The summed E-state index contributed by atoms with van der Waals surface area (Å²) in [6.45, 7) is 2.33. The fourth-order valence-corrected chi connectivity index (χ4v) is 3.26. The average Bonchev–Trinajstić information content (AvgIpc) is 2.81. The normalized spacial score (nSPS) is 11.1. The summed E-state index contributed by atoms with van der Waals surface area (Å²) in [6, 6.07) is 13.1. The molecule has 32 heavy (non-hydrogen) atoms. The Balaban J connectivity index is 2.01. The number of carbonyl (C=O) groups is 2. The highest BCUT2D eigenvalue weighted by atomic mass is 16.5. The zero-order valence-corrected chi connectivity index (χ0v) is 17.9. The minimum absolute atomic E-state index is 0.243. The molecule has 0 spiro atoms. The van der Waals surface area contributed by atoms with Crippen molar-refractivity contribution in [2.75, 3.05) is 20.3 Å². The summed E-state index contributed by atoms with van der Waals surface area (Å²) < 4.78 is 10.8. The minimum Gasteiger partial charge on any atom is -0.494 e. The molecule has 0 aliphatic rings. The minimum atomic E-state index is -0.464. The lowest BCUT2D eigenvalue weighted by molar-refractivity contribution is -0.140. The van der Waals surface area contributed by atoms with Gasteiger partial charge in [-0.3, -0.25) is 14.6 Å². The molecule has 0 saturated carbocycles. The van der Waals surface area contributed by atoms with Crippen LogP contribution in [0.4, 0.5) is 0 Å². The molecule has 0 atom stereocenters. The molecule has 1 N–H and O–H groups in total. The van der Waals surface area contributed by atoms with E-state index in [9.17, 15) is 19.5 Å². The fourth-order valence-electron chi connectivity index (χ4n) is 3.26. The third kappa shape index (κ3) is 4.85. The standard InChI is InChI=1S/C24H24N2O6/c1-3-32-24(30)16-10-12-17(13-11-16)26-22(28)19-8-5-4-7-18(19)20(23(26)29)15-25-14-6-9-21(27)31-2/h4-5,7-8,10-13,15,29H,3,6,9,14H2,1-2H3. The first-order valence-corrected chi connectivity index (χ1v) is 10.2. The van der Waals surface area contributed by atoms with Gasteiger partial charge in [0.15, 0.2) is 0 Å². The van der Waals surface area contributed by atoms with Gasteiger partial charge in [0.2, 0.25) is 5.88 Å². The van der Waals surface area contributed by atoms with E-state index in [1.165, 1.54) is 30.0 Å². The molecule has 0 aliphatic heterocycles. The summed E-state index contributed by atoms with van der Waals surface area (Å²) in [5, 5.41) is 11.9. The van der Waals surface area contributed by atoms with Gasteiger partial charge in [0.1, 0.15) is 0 Å². The number of carbonyl (C=O) groups excluding carboxylic acids is 2. The number of aliphatic imine (C=N–C) groups is 1. The number of aromatic nitrogens is 1. The van der Waals surface area contributed by atoms with Crippen molar-refractivity contribution < 1.29 is 24.2 Å². The molecule has 0 unspecified atom stereocenters. The van der Waals surface area contributed by atoms with Gasteiger partial charge in [-0.25, -0.2) is 9.36 Å². The molecule has 0 amide bonds. The number of fused-ring (bicyclic) bond motifs is 1. The first-order chi connectivity index (χ1) is 15.5. The van der Waals surface area contributed by atoms with E-state index < -0.39 is 11.5 Å². The van der Waals surface area contributed by atoms with Crippen LogP contribution in [0.2, 0.25) is 0 Å². The summed E-state index contributed by atoms with van der Waals surface area (Å²) in [6.07, 6.45) is 2.24. The molecular formula is C24H24N2O6. The van der Waals surface area contributed by atoms with Crippen molar-refractivity contribution in [3.8, 4) is 11.6 Å². The molecule has 2 aromatic carbocycles. The second-order valence-corrected chi connectivity index (χ2v) is 6.91. The topological polar surface area (TPSA) is 107 Å². The Kier molecular flexibility index (Phi) is 7.38. The highest BCUT2D eigenvalue weighted by Crippen LogP contribution is 2.26. The molecular weight excluding hydrogens is 412 g/mol.